The molecule has 0 aromatic carbocycles. The highest BCUT2D eigenvalue weighted by Gasteiger charge is 2.23. The lowest BCUT2D eigenvalue weighted by Gasteiger charge is -2.09. The maximum atomic E-state index is 11.7. The Hall–Kier alpha value is -1.69. The first kappa shape index (κ1) is 13.7. The van der Waals surface area contributed by atoms with Gasteiger partial charge in [-0.25, -0.2) is 9.97 Å². The highest BCUT2D eigenvalue weighted by Crippen LogP contribution is 2.19. The zero-order chi connectivity index (χ0) is 13.7. The number of carbonyl (C=O) groups excluding carboxylic acids is 1. The topological polar surface area (TPSA) is 70.2 Å². The van der Waals surface area contributed by atoms with Gasteiger partial charge in [-0.3, -0.25) is 4.79 Å². The predicted octanol–water partition coefficient (Wildman–Crippen LogP) is 0.732. The molecule has 1 aromatic heterocycles. The zero-order valence-corrected chi connectivity index (χ0v) is 11.5. The van der Waals surface area contributed by atoms with Gasteiger partial charge in [-0.15, -0.1) is 0 Å². The molecule has 2 rings (SSSR count). The molecular weight excluding hydrogens is 242 g/mol. The molecule has 0 aliphatic heterocycles. The molecule has 0 atom stereocenters. The Kier molecular flexibility index (Phi) is 4.68. The molecule has 0 unspecified atom stereocenters. The van der Waals surface area contributed by atoms with Gasteiger partial charge in [0.05, 0.1) is 5.56 Å². The van der Waals surface area contributed by atoms with Gasteiger partial charge >= 0.3 is 0 Å². The van der Waals surface area contributed by atoms with Gasteiger partial charge in [0.25, 0.3) is 5.91 Å². The maximum absolute atomic E-state index is 11.7. The number of anilines is 1. The van der Waals surface area contributed by atoms with E-state index in [0.717, 1.165) is 32.4 Å². The van der Waals surface area contributed by atoms with Crippen molar-refractivity contribution in [3.05, 3.63) is 18.0 Å². The average Bonchev–Trinajstić information content (AvgIpc) is 3.19. The van der Waals surface area contributed by atoms with Crippen LogP contribution in [-0.4, -0.2) is 54.0 Å². The van der Waals surface area contributed by atoms with Crippen molar-refractivity contribution in [3.63, 3.8) is 0 Å². The molecule has 6 heteroatoms. The van der Waals surface area contributed by atoms with Crippen molar-refractivity contribution < 1.29 is 4.79 Å². The highest BCUT2D eigenvalue weighted by molar-refractivity contribution is 5.94. The first-order valence-corrected chi connectivity index (χ1v) is 6.66. The molecule has 19 heavy (non-hydrogen) atoms. The Morgan fingerprint density at radius 1 is 1.37 bits per heavy atom. The minimum Gasteiger partial charge on any atom is -0.354 e. The molecule has 1 aromatic rings. The molecule has 1 saturated carbocycles. The highest BCUT2D eigenvalue weighted by atomic mass is 16.1. The van der Waals surface area contributed by atoms with Crippen molar-refractivity contribution in [3.8, 4) is 0 Å². The van der Waals surface area contributed by atoms with Crippen LogP contribution in [0.3, 0.4) is 0 Å². The van der Waals surface area contributed by atoms with Gasteiger partial charge in [0.15, 0.2) is 0 Å². The monoisotopic (exact) mass is 263 g/mol. The minimum absolute atomic E-state index is 0.0818. The van der Waals surface area contributed by atoms with E-state index in [-0.39, 0.29) is 5.91 Å². The van der Waals surface area contributed by atoms with Crippen LogP contribution in [0.4, 0.5) is 5.95 Å². The van der Waals surface area contributed by atoms with Crippen molar-refractivity contribution in [2.75, 3.05) is 32.5 Å². The summed E-state index contributed by atoms with van der Waals surface area (Å²) in [7, 11) is 4.09. The minimum atomic E-state index is -0.0818. The predicted molar refractivity (Wildman–Crippen MR) is 74.2 cm³/mol. The summed E-state index contributed by atoms with van der Waals surface area (Å²) in [6.07, 6.45) is 6.33. The summed E-state index contributed by atoms with van der Waals surface area (Å²) < 4.78 is 0. The number of hydrogen-bond donors (Lipinski definition) is 2. The van der Waals surface area contributed by atoms with Gasteiger partial charge in [-0.05, 0) is 39.9 Å². The maximum Gasteiger partial charge on any atom is 0.254 e. The van der Waals surface area contributed by atoms with E-state index in [0.29, 0.717) is 17.6 Å². The summed E-state index contributed by atoms with van der Waals surface area (Å²) in [5, 5.41) is 6.05. The summed E-state index contributed by atoms with van der Waals surface area (Å²) in [5.74, 6) is 0.489. The second-order valence-corrected chi connectivity index (χ2v) is 5.13. The summed E-state index contributed by atoms with van der Waals surface area (Å²) in [6, 6.07) is 0.358. The van der Waals surface area contributed by atoms with Gasteiger partial charge < -0.3 is 15.5 Å². The summed E-state index contributed by atoms with van der Waals surface area (Å²) in [5.41, 5.74) is 0.519. The van der Waals surface area contributed by atoms with Crippen LogP contribution in [0, 0.1) is 0 Å². The van der Waals surface area contributed by atoms with Gasteiger partial charge in [-0.2, -0.15) is 0 Å². The number of rotatable bonds is 7. The molecule has 6 nitrogen and oxygen atoms in total. The number of carbonyl (C=O) groups is 1. The lowest BCUT2D eigenvalue weighted by molar-refractivity contribution is 0.0950. The molecule has 2 N–H and O–H groups in total. The molecule has 0 spiro atoms. The lowest BCUT2D eigenvalue weighted by atomic mass is 10.3. The van der Waals surface area contributed by atoms with Crippen LogP contribution in [-0.2, 0) is 0 Å². The second kappa shape index (κ2) is 6.47. The third-order valence-electron chi connectivity index (χ3n) is 2.89. The summed E-state index contributed by atoms with van der Waals surface area (Å²) in [4.78, 5) is 22.2. The van der Waals surface area contributed by atoms with Crippen molar-refractivity contribution >= 4 is 11.9 Å². The van der Waals surface area contributed by atoms with Crippen molar-refractivity contribution in [1.82, 2.24) is 20.2 Å². The molecule has 1 aliphatic carbocycles. The molecule has 1 amide bonds. The Morgan fingerprint density at radius 2 is 2.05 bits per heavy atom. The van der Waals surface area contributed by atoms with Gasteiger partial charge in [0, 0.05) is 25.0 Å². The SMILES string of the molecule is CN(C)CCCNc1ncc(C(=O)NC2CC2)cn1. The standard InChI is InChI=1S/C13H21N5O/c1-18(2)7-3-6-14-13-15-8-10(9-16-13)12(19)17-11-4-5-11/h8-9,11H,3-7H2,1-2H3,(H,17,19)(H,14,15,16). The van der Waals surface area contributed by atoms with Crippen LogP contribution in [0.1, 0.15) is 29.6 Å². The fourth-order valence-corrected chi connectivity index (χ4v) is 1.63. The number of nitrogens with zero attached hydrogens (tertiary/aromatic N) is 3. The van der Waals surface area contributed by atoms with E-state index in [9.17, 15) is 4.79 Å². The largest absolute Gasteiger partial charge is 0.354 e. The fraction of sp³-hybridized carbons (Fsp3) is 0.615. The van der Waals surface area contributed by atoms with E-state index in [1.54, 1.807) is 12.4 Å². The van der Waals surface area contributed by atoms with Crippen LogP contribution in [0.15, 0.2) is 12.4 Å². The van der Waals surface area contributed by atoms with Crippen LogP contribution in [0.5, 0.6) is 0 Å². The van der Waals surface area contributed by atoms with E-state index in [2.05, 4.69) is 25.5 Å². The lowest BCUT2D eigenvalue weighted by Crippen LogP contribution is -2.25. The quantitative estimate of drug-likeness (QED) is 0.710. The van der Waals surface area contributed by atoms with E-state index < -0.39 is 0 Å². The van der Waals surface area contributed by atoms with Gasteiger partial charge in [0.2, 0.25) is 5.95 Å². The van der Waals surface area contributed by atoms with Crippen molar-refractivity contribution in [1.29, 1.82) is 0 Å². The van der Waals surface area contributed by atoms with E-state index >= 15 is 0 Å². The fourth-order valence-electron chi connectivity index (χ4n) is 1.63. The van der Waals surface area contributed by atoms with Crippen LogP contribution >= 0.6 is 0 Å². The average molecular weight is 263 g/mol. The van der Waals surface area contributed by atoms with Crippen LogP contribution < -0.4 is 10.6 Å². The molecule has 0 bridgehead atoms. The van der Waals surface area contributed by atoms with Crippen molar-refractivity contribution in [2.24, 2.45) is 0 Å². The molecule has 0 radical (unpaired) electrons. The Balaban J connectivity index is 1.75. The van der Waals surface area contributed by atoms with Crippen LogP contribution in [0.2, 0.25) is 0 Å². The van der Waals surface area contributed by atoms with Gasteiger partial charge in [0.1, 0.15) is 0 Å². The zero-order valence-electron chi connectivity index (χ0n) is 11.5. The third-order valence-corrected chi connectivity index (χ3v) is 2.89. The number of nitrogens with one attached hydrogen (secondary N) is 2. The smallest absolute Gasteiger partial charge is 0.254 e. The number of amides is 1. The first-order valence-electron chi connectivity index (χ1n) is 6.66. The van der Waals surface area contributed by atoms with Crippen LogP contribution in [0.25, 0.3) is 0 Å². The molecule has 0 saturated heterocycles. The third kappa shape index (κ3) is 4.82. The molecule has 1 aliphatic rings. The molecule has 1 heterocycles. The molecule has 104 valence electrons. The number of aromatic nitrogens is 2. The second-order valence-electron chi connectivity index (χ2n) is 5.13. The normalized spacial score (nSPS) is 14.5. The Morgan fingerprint density at radius 3 is 2.63 bits per heavy atom. The van der Waals surface area contributed by atoms with Gasteiger partial charge in [-0.1, -0.05) is 0 Å². The van der Waals surface area contributed by atoms with E-state index in [1.165, 1.54) is 0 Å². The summed E-state index contributed by atoms with van der Waals surface area (Å²) >= 11 is 0. The summed E-state index contributed by atoms with van der Waals surface area (Å²) in [6.45, 7) is 1.85. The molecular formula is C13H21N5O. The first-order chi connectivity index (χ1) is 9.15. The Labute approximate surface area is 113 Å². The molecule has 1 fully saturated rings. The van der Waals surface area contributed by atoms with Crippen molar-refractivity contribution in [2.45, 2.75) is 25.3 Å². The Bertz CT molecular complexity index is 414. The number of hydrogen-bond acceptors (Lipinski definition) is 5. The van der Waals surface area contributed by atoms with E-state index in [1.807, 2.05) is 14.1 Å². The van der Waals surface area contributed by atoms with E-state index in [4.69, 9.17) is 0 Å².